The van der Waals surface area contributed by atoms with Crippen LogP contribution < -0.4 is 16.4 Å². The first-order chi connectivity index (χ1) is 13.5. The Kier molecular flexibility index (Phi) is 5.78. The molecule has 0 aliphatic carbocycles. The largest absolute Gasteiger partial charge is 0.290 e. The maximum atomic E-state index is 13.7. The molecule has 0 atom stereocenters. The minimum Gasteiger partial charge on any atom is -0.267 e. The maximum Gasteiger partial charge on any atom is 0.290 e. The Morgan fingerprint density at radius 1 is 1.00 bits per heavy atom. The van der Waals surface area contributed by atoms with E-state index in [2.05, 4.69) is 16.0 Å². The number of nitrogens with one attached hydrogen (secondary N) is 2. The summed E-state index contributed by atoms with van der Waals surface area (Å²) in [6.45, 7) is 2.36. The molecule has 0 fully saturated rings. The Morgan fingerprint density at radius 2 is 1.64 bits per heavy atom. The van der Waals surface area contributed by atoms with Crippen LogP contribution in [0.2, 0.25) is 0 Å². The van der Waals surface area contributed by atoms with Crippen molar-refractivity contribution in [1.29, 1.82) is 0 Å². The van der Waals surface area contributed by atoms with E-state index in [9.17, 15) is 18.8 Å². The van der Waals surface area contributed by atoms with Crippen LogP contribution in [0.1, 0.15) is 40.6 Å². The van der Waals surface area contributed by atoms with Gasteiger partial charge >= 0.3 is 0 Å². The number of rotatable bonds is 5. The van der Waals surface area contributed by atoms with E-state index in [0.717, 1.165) is 18.9 Å². The highest BCUT2D eigenvalue weighted by molar-refractivity contribution is 6.06. The van der Waals surface area contributed by atoms with Crippen LogP contribution in [0.5, 0.6) is 0 Å². The molecular formula is C20H19FN4O3. The number of fused-ring (bicyclic) bond motifs is 1. The van der Waals surface area contributed by atoms with Crippen molar-refractivity contribution in [2.24, 2.45) is 0 Å². The second-order valence-corrected chi connectivity index (χ2v) is 6.16. The quantitative estimate of drug-likeness (QED) is 0.663. The number of benzene rings is 2. The number of hydrogen-bond donors (Lipinski definition) is 2. The maximum absolute atomic E-state index is 13.7. The zero-order valence-electron chi connectivity index (χ0n) is 15.2. The molecule has 7 nitrogen and oxygen atoms in total. The molecule has 1 heterocycles. The second kappa shape index (κ2) is 8.43. The van der Waals surface area contributed by atoms with Gasteiger partial charge in [-0.3, -0.25) is 25.2 Å². The van der Waals surface area contributed by atoms with Gasteiger partial charge in [0.25, 0.3) is 17.4 Å². The van der Waals surface area contributed by atoms with E-state index in [1.165, 1.54) is 22.9 Å². The van der Waals surface area contributed by atoms with E-state index < -0.39 is 17.6 Å². The van der Waals surface area contributed by atoms with Crippen molar-refractivity contribution in [2.75, 3.05) is 0 Å². The van der Waals surface area contributed by atoms with Crippen molar-refractivity contribution in [3.05, 3.63) is 76.0 Å². The Hall–Kier alpha value is -3.55. The van der Waals surface area contributed by atoms with Crippen molar-refractivity contribution < 1.29 is 14.0 Å². The average Bonchev–Trinajstić information content (AvgIpc) is 2.72. The van der Waals surface area contributed by atoms with E-state index in [1.54, 1.807) is 24.3 Å². The molecule has 0 saturated heterocycles. The number of hydrazine groups is 1. The van der Waals surface area contributed by atoms with Crippen molar-refractivity contribution in [1.82, 2.24) is 20.6 Å². The topological polar surface area (TPSA) is 93.1 Å². The highest BCUT2D eigenvalue weighted by Crippen LogP contribution is 2.13. The number of halogens is 1. The SMILES string of the molecule is CCCCn1nc(C(=O)NNC(=O)c2ccccc2F)c2ccccc2c1=O. The van der Waals surface area contributed by atoms with Crippen LogP contribution in [-0.4, -0.2) is 21.6 Å². The lowest BCUT2D eigenvalue weighted by atomic mass is 10.1. The molecule has 0 radical (unpaired) electrons. The molecule has 3 aromatic rings. The van der Waals surface area contributed by atoms with E-state index in [1.807, 2.05) is 6.92 Å². The van der Waals surface area contributed by atoms with Gasteiger partial charge < -0.3 is 0 Å². The summed E-state index contributed by atoms with van der Waals surface area (Å²) in [6.07, 6.45) is 1.59. The molecule has 2 aromatic carbocycles. The summed E-state index contributed by atoms with van der Waals surface area (Å²) < 4.78 is 14.9. The summed E-state index contributed by atoms with van der Waals surface area (Å²) in [5, 5.41) is 4.91. The third-order valence-corrected chi connectivity index (χ3v) is 4.21. The van der Waals surface area contributed by atoms with Crippen molar-refractivity contribution >= 4 is 22.6 Å². The van der Waals surface area contributed by atoms with E-state index in [-0.39, 0.29) is 16.8 Å². The highest BCUT2D eigenvalue weighted by Gasteiger charge is 2.18. The molecule has 0 unspecified atom stereocenters. The van der Waals surface area contributed by atoms with Crippen LogP contribution in [0.25, 0.3) is 10.8 Å². The lowest BCUT2D eigenvalue weighted by molar-refractivity contribution is 0.0841. The molecule has 2 N–H and O–H groups in total. The summed E-state index contributed by atoms with van der Waals surface area (Å²) in [7, 11) is 0. The Morgan fingerprint density at radius 3 is 2.36 bits per heavy atom. The molecule has 0 aliphatic rings. The van der Waals surface area contributed by atoms with Gasteiger partial charge in [-0.2, -0.15) is 5.10 Å². The summed E-state index contributed by atoms with van der Waals surface area (Å²) >= 11 is 0. The number of hydrogen-bond acceptors (Lipinski definition) is 4. The van der Waals surface area contributed by atoms with Gasteiger partial charge in [0.15, 0.2) is 5.69 Å². The Bertz CT molecular complexity index is 1090. The van der Waals surface area contributed by atoms with Crippen LogP contribution in [0, 0.1) is 5.82 Å². The standard InChI is InChI=1S/C20H19FN4O3/c1-2-3-12-25-20(28)14-9-5-4-8-13(14)17(24-25)19(27)23-22-18(26)15-10-6-7-11-16(15)21/h4-11H,2-3,12H2,1H3,(H,22,26)(H,23,27). The minimum absolute atomic E-state index is 0.000127. The summed E-state index contributed by atoms with van der Waals surface area (Å²) in [4.78, 5) is 37.3. The van der Waals surface area contributed by atoms with Crippen LogP contribution in [0.4, 0.5) is 4.39 Å². The minimum atomic E-state index is -0.796. The smallest absolute Gasteiger partial charge is 0.267 e. The third kappa shape index (κ3) is 3.90. The highest BCUT2D eigenvalue weighted by atomic mass is 19.1. The average molecular weight is 382 g/mol. The second-order valence-electron chi connectivity index (χ2n) is 6.16. The molecule has 8 heteroatoms. The summed E-state index contributed by atoms with van der Waals surface area (Å²) in [5.41, 5.74) is 3.93. The number of nitrogens with zero attached hydrogens (tertiary/aromatic N) is 2. The Balaban J connectivity index is 1.88. The van der Waals surface area contributed by atoms with Crippen molar-refractivity contribution in [2.45, 2.75) is 26.3 Å². The van der Waals surface area contributed by atoms with Crippen LogP contribution in [0.15, 0.2) is 53.3 Å². The summed E-state index contributed by atoms with van der Waals surface area (Å²) in [5.74, 6) is -2.20. The molecule has 0 bridgehead atoms. The first kappa shape index (κ1) is 19.2. The van der Waals surface area contributed by atoms with E-state index >= 15 is 0 Å². The van der Waals surface area contributed by atoms with Crippen LogP contribution in [-0.2, 0) is 6.54 Å². The molecule has 28 heavy (non-hydrogen) atoms. The molecule has 0 aliphatic heterocycles. The van der Waals surface area contributed by atoms with Crippen molar-refractivity contribution in [3.8, 4) is 0 Å². The molecule has 1 aromatic heterocycles. The molecule has 0 saturated carbocycles. The van der Waals surface area contributed by atoms with E-state index in [4.69, 9.17) is 0 Å². The molecule has 144 valence electrons. The van der Waals surface area contributed by atoms with Gasteiger partial charge in [-0.25, -0.2) is 9.07 Å². The molecule has 0 spiro atoms. The number of carbonyl (C=O) groups excluding carboxylic acids is 2. The summed E-state index contributed by atoms with van der Waals surface area (Å²) in [6, 6.07) is 12.0. The normalized spacial score (nSPS) is 10.6. The Labute approximate surface area is 160 Å². The number of unbranched alkanes of at least 4 members (excludes halogenated alkanes) is 1. The lowest BCUT2D eigenvalue weighted by Crippen LogP contribution is -2.43. The molecular weight excluding hydrogens is 363 g/mol. The predicted molar refractivity (Wildman–Crippen MR) is 102 cm³/mol. The van der Waals surface area contributed by atoms with Gasteiger partial charge in [0.05, 0.1) is 10.9 Å². The fraction of sp³-hybridized carbons (Fsp3) is 0.200. The monoisotopic (exact) mass is 382 g/mol. The zero-order valence-corrected chi connectivity index (χ0v) is 15.2. The van der Waals surface area contributed by atoms with Gasteiger partial charge in [-0.05, 0) is 24.6 Å². The number of aryl methyl sites for hydroxylation is 1. The predicted octanol–water partition coefficient (Wildman–Crippen LogP) is 2.41. The van der Waals surface area contributed by atoms with Gasteiger partial charge in [-0.15, -0.1) is 0 Å². The number of carbonyl (C=O) groups is 2. The van der Waals surface area contributed by atoms with Gasteiger partial charge in [0.1, 0.15) is 5.82 Å². The lowest BCUT2D eigenvalue weighted by Gasteiger charge is -2.12. The van der Waals surface area contributed by atoms with Gasteiger partial charge in [-0.1, -0.05) is 43.7 Å². The van der Waals surface area contributed by atoms with E-state index in [0.29, 0.717) is 17.3 Å². The number of amides is 2. The fourth-order valence-electron chi connectivity index (χ4n) is 2.75. The van der Waals surface area contributed by atoms with Crippen LogP contribution in [0.3, 0.4) is 0 Å². The zero-order chi connectivity index (χ0) is 20.1. The number of aromatic nitrogens is 2. The third-order valence-electron chi connectivity index (χ3n) is 4.21. The first-order valence-electron chi connectivity index (χ1n) is 8.88. The van der Waals surface area contributed by atoms with Crippen molar-refractivity contribution in [3.63, 3.8) is 0 Å². The molecule has 3 rings (SSSR count). The van der Waals surface area contributed by atoms with Crippen LogP contribution >= 0.6 is 0 Å². The molecule has 2 amide bonds. The van der Waals surface area contributed by atoms with Gasteiger partial charge in [0, 0.05) is 11.9 Å². The first-order valence-corrected chi connectivity index (χ1v) is 8.88. The fourth-order valence-corrected chi connectivity index (χ4v) is 2.75. The van der Waals surface area contributed by atoms with Gasteiger partial charge in [0.2, 0.25) is 0 Å².